The van der Waals surface area contributed by atoms with Crippen LogP contribution in [0.3, 0.4) is 0 Å². The van der Waals surface area contributed by atoms with Crippen molar-refractivity contribution >= 4 is 18.6 Å². The average molecular weight is 360 g/mol. The van der Waals surface area contributed by atoms with Crippen LogP contribution in [0, 0.1) is 11.3 Å². The zero-order chi connectivity index (χ0) is 18.7. The smallest absolute Gasteiger partial charge is 0.409 e. The summed E-state index contributed by atoms with van der Waals surface area (Å²) in [7, 11) is 0. The lowest BCUT2D eigenvalue weighted by molar-refractivity contribution is -0.137. The maximum Gasteiger partial charge on any atom is 0.416 e. The Morgan fingerprint density at radius 3 is 2.69 bits per heavy atom. The Kier molecular flexibility index (Phi) is 4.32. The molecule has 0 unspecified atom stereocenters. The summed E-state index contributed by atoms with van der Waals surface area (Å²) in [6.07, 6.45) is -0.340. The van der Waals surface area contributed by atoms with E-state index >= 15 is 0 Å². The third-order valence-corrected chi connectivity index (χ3v) is 3.09. The van der Waals surface area contributed by atoms with Gasteiger partial charge in [-0.25, -0.2) is 9.67 Å². The number of alkyl halides is 3. The van der Waals surface area contributed by atoms with Crippen LogP contribution < -0.4 is 0 Å². The third-order valence-electron chi connectivity index (χ3n) is 3.09. The lowest BCUT2D eigenvalue weighted by atomic mass is 10.1. The van der Waals surface area contributed by atoms with Crippen molar-refractivity contribution in [1.29, 1.82) is 5.26 Å². The molecule has 2 heterocycles. The predicted octanol–water partition coefficient (Wildman–Crippen LogP) is 2.66. The van der Waals surface area contributed by atoms with Gasteiger partial charge in [0.1, 0.15) is 12.6 Å². The summed E-state index contributed by atoms with van der Waals surface area (Å²) in [5.41, 5.74) is -1.07. The van der Waals surface area contributed by atoms with Crippen LogP contribution in [0.1, 0.15) is 27.7 Å². The van der Waals surface area contributed by atoms with Gasteiger partial charge in [-0.15, -0.1) is 10.2 Å². The molecule has 3 aromatic rings. The Bertz CT molecular complexity index is 1030. The first-order chi connectivity index (χ1) is 12.4. The number of rotatable bonds is 4. The largest absolute Gasteiger partial charge is 0.416 e. The van der Waals surface area contributed by atoms with Crippen LogP contribution in [0.2, 0.25) is 0 Å². The number of aromatic nitrogens is 5. The van der Waals surface area contributed by atoms with Crippen molar-refractivity contribution in [3.63, 3.8) is 0 Å². The number of benzene rings is 1. The van der Waals surface area contributed by atoms with Crippen molar-refractivity contribution in [1.82, 2.24) is 25.0 Å². The minimum atomic E-state index is -4.60. The Balaban J connectivity index is 1.90. The quantitative estimate of drug-likeness (QED) is 0.658. The number of nitriles is 1. The summed E-state index contributed by atoms with van der Waals surface area (Å²) in [6, 6.07) is 4.52. The molecule has 0 N–H and O–H groups in total. The molecule has 0 atom stereocenters. The van der Waals surface area contributed by atoms with Gasteiger partial charge in [-0.3, -0.25) is 4.79 Å². The normalized spacial score (nSPS) is 11.6. The highest BCUT2D eigenvalue weighted by molar-refractivity contribution is 5.78. The number of hydrogen-bond acceptors (Lipinski definition) is 7. The summed E-state index contributed by atoms with van der Waals surface area (Å²) in [4.78, 5) is 14.8. The molecular formula is C15H7F3N6O2. The van der Waals surface area contributed by atoms with Gasteiger partial charge in [-0.05, 0) is 18.2 Å². The Hall–Kier alpha value is -3.81. The fourth-order valence-electron chi connectivity index (χ4n) is 1.98. The lowest BCUT2D eigenvalue weighted by Gasteiger charge is -2.08. The molecule has 3 rings (SSSR count). The molecule has 1 aromatic carbocycles. The van der Waals surface area contributed by atoms with E-state index in [2.05, 4.69) is 20.3 Å². The number of hydrogen-bond donors (Lipinski definition) is 0. The van der Waals surface area contributed by atoms with E-state index in [0.717, 1.165) is 12.1 Å². The Labute approximate surface area is 143 Å². The number of nitrogens with zero attached hydrogens (tertiary/aromatic N) is 6. The summed E-state index contributed by atoms with van der Waals surface area (Å²) in [6.45, 7) is 0. The minimum absolute atomic E-state index is 0.00732. The average Bonchev–Trinajstić information content (AvgIpc) is 3.28. The molecule has 8 nitrogen and oxygen atoms in total. The van der Waals surface area contributed by atoms with Gasteiger partial charge in [0, 0.05) is 23.4 Å². The van der Waals surface area contributed by atoms with E-state index in [9.17, 15) is 18.0 Å². The molecular weight excluding hydrogens is 353 g/mol. The summed E-state index contributed by atoms with van der Waals surface area (Å²) in [5, 5.41) is 19.6. The van der Waals surface area contributed by atoms with Gasteiger partial charge >= 0.3 is 12.1 Å². The Morgan fingerprint density at radius 1 is 1.23 bits per heavy atom. The van der Waals surface area contributed by atoms with Gasteiger partial charge in [0.25, 0.3) is 0 Å². The highest BCUT2D eigenvalue weighted by atomic mass is 19.4. The van der Waals surface area contributed by atoms with Crippen molar-refractivity contribution in [2.24, 2.45) is 0 Å². The molecule has 11 heteroatoms. The van der Waals surface area contributed by atoms with Gasteiger partial charge < -0.3 is 4.42 Å². The van der Waals surface area contributed by atoms with Gasteiger partial charge in [0.05, 0.1) is 5.56 Å². The molecule has 0 fully saturated rings. The topological polar surface area (TPSA) is 110 Å². The first-order valence-electron chi connectivity index (χ1n) is 6.90. The summed E-state index contributed by atoms with van der Waals surface area (Å²) >= 11 is 0. The van der Waals surface area contributed by atoms with E-state index < -0.39 is 11.7 Å². The van der Waals surface area contributed by atoms with Gasteiger partial charge in [0.15, 0.2) is 11.9 Å². The van der Waals surface area contributed by atoms with Crippen LogP contribution in [0.25, 0.3) is 23.7 Å². The van der Waals surface area contributed by atoms with Crippen LogP contribution in [0.15, 0.2) is 28.9 Å². The second kappa shape index (κ2) is 6.60. The summed E-state index contributed by atoms with van der Waals surface area (Å²) in [5.74, 6) is -0.178. The van der Waals surface area contributed by atoms with Gasteiger partial charge in [-0.1, -0.05) is 5.10 Å². The molecule has 0 amide bonds. The van der Waals surface area contributed by atoms with Crippen LogP contribution in [0.4, 0.5) is 13.2 Å². The maximum absolute atomic E-state index is 12.9. The molecule has 0 radical (unpaired) electrons. The van der Waals surface area contributed by atoms with Gasteiger partial charge in [-0.2, -0.15) is 18.4 Å². The molecule has 0 saturated carbocycles. The number of carbonyl (C=O) groups is 1. The van der Waals surface area contributed by atoms with Crippen molar-refractivity contribution in [2.45, 2.75) is 6.18 Å². The van der Waals surface area contributed by atoms with Crippen molar-refractivity contribution in [3.8, 4) is 17.5 Å². The summed E-state index contributed by atoms with van der Waals surface area (Å²) < 4.78 is 44.9. The second-order valence-corrected chi connectivity index (χ2v) is 4.88. The fraction of sp³-hybridized carbons (Fsp3) is 0.0667. The van der Waals surface area contributed by atoms with Crippen LogP contribution >= 0.6 is 0 Å². The maximum atomic E-state index is 12.9. The van der Waals surface area contributed by atoms with Crippen molar-refractivity contribution in [2.75, 3.05) is 0 Å². The SMILES string of the molecule is N#Cc1nnc(/C=C\n2cnc(-c3cc(C=O)cc(C(F)(F)F)c3)n2)o1. The highest BCUT2D eigenvalue weighted by Crippen LogP contribution is 2.32. The standard InChI is InChI=1S/C15H7F3N6O2/c16-15(17,18)11-4-9(7-25)3-10(5-11)14-20-8-24(23-14)2-1-12-21-22-13(6-19)26-12/h1-5,7-8H/b2-1-. The lowest BCUT2D eigenvalue weighted by Crippen LogP contribution is -2.06. The van der Waals surface area contributed by atoms with E-state index in [1.165, 1.54) is 29.4 Å². The molecule has 2 aromatic heterocycles. The van der Waals surface area contributed by atoms with Crippen LogP contribution in [-0.4, -0.2) is 31.2 Å². The zero-order valence-corrected chi connectivity index (χ0v) is 12.7. The number of halogens is 3. The molecule has 0 bridgehead atoms. The molecule has 0 aliphatic carbocycles. The monoisotopic (exact) mass is 360 g/mol. The third kappa shape index (κ3) is 3.64. The molecule has 130 valence electrons. The first kappa shape index (κ1) is 17.0. The molecule has 0 saturated heterocycles. The van der Waals surface area contributed by atoms with E-state index in [4.69, 9.17) is 9.68 Å². The van der Waals surface area contributed by atoms with Crippen LogP contribution in [0.5, 0.6) is 0 Å². The first-order valence-corrected chi connectivity index (χ1v) is 6.90. The minimum Gasteiger partial charge on any atom is -0.409 e. The van der Waals surface area contributed by atoms with E-state index in [0.29, 0.717) is 6.29 Å². The number of aldehydes is 1. The van der Waals surface area contributed by atoms with Crippen molar-refractivity contribution in [3.05, 3.63) is 47.4 Å². The van der Waals surface area contributed by atoms with E-state index in [1.54, 1.807) is 6.07 Å². The van der Waals surface area contributed by atoms with Gasteiger partial charge in [0.2, 0.25) is 5.89 Å². The molecule has 26 heavy (non-hydrogen) atoms. The van der Waals surface area contributed by atoms with E-state index in [-0.39, 0.29) is 28.7 Å². The molecule has 0 spiro atoms. The van der Waals surface area contributed by atoms with E-state index in [1.807, 2.05) is 0 Å². The molecule has 0 aliphatic heterocycles. The predicted molar refractivity (Wildman–Crippen MR) is 80.1 cm³/mol. The molecule has 0 aliphatic rings. The number of carbonyl (C=O) groups excluding carboxylic acids is 1. The second-order valence-electron chi connectivity index (χ2n) is 4.88. The van der Waals surface area contributed by atoms with Crippen LogP contribution in [-0.2, 0) is 6.18 Å². The zero-order valence-electron chi connectivity index (χ0n) is 12.7. The van der Waals surface area contributed by atoms with Crippen molar-refractivity contribution < 1.29 is 22.4 Å². The Morgan fingerprint density at radius 2 is 2.04 bits per heavy atom. The highest BCUT2D eigenvalue weighted by Gasteiger charge is 2.31. The fourth-order valence-corrected chi connectivity index (χ4v) is 1.98.